The highest BCUT2D eigenvalue weighted by atomic mass is 35.5. The van der Waals surface area contributed by atoms with Gasteiger partial charge >= 0.3 is 0 Å². The molecule has 0 spiro atoms. The standard InChI is InChI=1S/C17H20ClNO2S/c1-12(13-5-9-16(10-6-13)22(2)21)19-11-17(20)14-3-7-15(18)8-4-14/h3-10,12,17,19-20H,11H2,1-2H3. The van der Waals surface area contributed by atoms with Crippen molar-refractivity contribution in [2.75, 3.05) is 12.8 Å². The maximum Gasteiger partial charge on any atom is 0.0914 e. The van der Waals surface area contributed by atoms with E-state index in [-0.39, 0.29) is 6.04 Å². The first-order valence-corrected chi connectivity index (χ1v) is 9.01. The molecule has 3 unspecified atom stereocenters. The van der Waals surface area contributed by atoms with Gasteiger partial charge in [0.2, 0.25) is 0 Å². The van der Waals surface area contributed by atoms with Crippen LogP contribution in [0.15, 0.2) is 53.4 Å². The second-order valence-electron chi connectivity index (χ2n) is 5.22. The second-order valence-corrected chi connectivity index (χ2v) is 7.04. The molecule has 0 aliphatic rings. The second kappa shape index (κ2) is 7.88. The Kier molecular flexibility index (Phi) is 6.15. The van der Waals surface area contributed by atoms with Crippen LogP contribution in [0.3, 0.4) is 0 Å². The molecule has 0 amide bonds. The normalized spacial score (nSPS) is 15.3. The van der Waals surface area contributed by atoms with Gasteiger partial charge in [-0.15, -0.1) is 0 Å². The highest BCUT2D eigenvalue weighted by Gasteiger charge is 2.11. The van der Waals surface area contributed by atoms with Gasteiger partial charge in [0.25, 0.3) is 0 Å². The molecule has 22 heavy (non-hydrogen) atoms. The van der Waals surface area contributed by atoms with Crippen LogP contribution in [0.4, 0.5) is 0 Å². The summed E-state index contributed by atoms with van der Waals surface area (Å²) in [7, 11) is -0.960. The summed E-state index contributed by atoms with van der Waals surface area (Å²) in [5, 5.41) is 14.1. The van der Waals surface area contributed by atoms with Crippen molar-refractivity contribution in [3.05, 3.63) is 64.7 Å². The van der Waals surface area contributed by atoms with Crippen LogP contribution in [-0.4, -0.2) is 22.1 Å². The minimum absolute atomic E-state index is 0.0984. The lowest BCUT2D eigenvalue weighted by Crippen LogP contribution is -2.24. The zero-order chi connectivity index (χ0) is 16.1. The maximum absolute atomic E-state index is 11.4. The Morgan fingerprint density at radius 1 is 1.09 bits per heavy atom. The molecule has 2 aromatic carbocycles. The maximum atomic E-state index is 11.4. The van der Waals surface area contributed by atoms with Crippen LogP contribution in [0.1, 0.15) is 30.2 Å². The molecule has 3 nitrogen and oxygen atoms in total. The number of halogens is 1. The van der Waals surface area contributed by atoms with Crippen LogP contribution in [0.2, 0.25) is 5.02 Å². The molecule has 5 heteroatoms. The lowest BCUT2D eigenvalue weighted by atomic mass is 10.1. The zero-order valence-corrected chi connectivity index (χ0v) is 14.2. The number of aliphatic hydroxyl groups excluding tert-OH is 1. The van der Waals surface area contributed by atoms with Crippen molar-refractivity contribution in [3.8, 4) is 0 Å². The van der Waals surface area contributed by atoms with Gasteiger partial charge in [0.15, 0.2) is 0 Å². The monoisotopic (exact) mass is 337 g/mol. The number of rotatable bonds is 6. The number of hydrogen-bond donors (Lipinski definition) is 2. The van der Waals surface area contributed by atoms with E-state index in [1.807, 2.05) is 43.3 Å². The number of nitrogens with one attached hydrogen (secondary N) is 1. The topological polar surface area (TPSA) is 49.3 Å². The highest BCUT2D eigenvalue weighted by molar-refractivity contribution is 7.84. The average molecular weight is 338 g/mol. The van der Waals surface area contributed by atoms with Gasteiger partial charge in [-0.3, -0.25) is 4.21 Å². The fraction of sp³-hybridized carbons (Fsp3) is 0.294. The first kappa shape index (κ1) is 17.2. The van der Waals surface area contributed by atoms with Gasteiger partial charge < -0.3 is 10.4 Å². The third kappa shape index (κ3) is 4.65. The predicted octanol–water partition coefficient (Wildman–Crippen LogP) is 3.46. The fourth-order valence-corrected chi connectivity index (χ4v) is 2.80. The van der Waals surface area contributed by atoms with E-state index >= 15 is 0 Å². The van der Waals surface area contributed by atoms with E-state index in [1.165, 1.54) is 0 Å². The number of aliphatic hydroxyl groups is 1. The molecule has 0 bridgehead atoms. The Bertz CT molecular complexity index is 628. The summed E-state index contributed by atoms with van der Waals surface area (Å²) in [6.07, 6.45) is 1.08. The van der Waals surface area contributed by atoms with E-state index < -0.39 is 16.9 Å². The fourth-order valence-electron chi connectivity index (χ4n) is 2.16. The molecule has 0 radical (unpaired) electrons. The van der Waals surface area contributed by atoms with Crippen LogP contribution < -0.4 is 5.32 Å². The number of hydrogen-bond acceptors (Lipinski definition) is 3. The summed E-state index contributed by atoms with van der Waals surface area (Å²) < 4.78 is 11.4. The molecule has 0 saturated carbocycles. The van der Waals surface area contributed by atoms with Crippen LogP contribution in [0.25, 0.3) is 0 Å². The first-order valence-electron chi connectivity index (χ1n) is 7.07. The van der Waals surface area contributed by atoms with Crippen molar-refractivity contribution in [3.63, 3.8) is 0 Å². The Morgan fingerprint density at radius 3 is 2.18 bits per heavy atom. The molecule has 0 saturated heterocycles. The lowest BCUT2D eigenvalue weighted by Gasteiger charge is -2.18. The van der Waals surface area contributed by atoms with E-state index in [2.05, 4.69) is 5.32 Å². The van der Waals surface area contributed by atoms with Crippen LogP contribution in [-0.2, 0) is 10.8 Å². The summed E-state index contributed by atoms with van der Waals surface area (Å²) in [5.74, 6) is 0. The van der Waals surface area contributed by atoms with Crippen LogP contribution in [0, 0.1) is 0 Å². The summed E-state index contributed by atoms with van der Waals surface area (Å²) >= 11 is 5.84. The molecule has 2 aromatic rings. The first-order chi connectivity index (χ1) is 10.5. The van der Waals surface area contributed by atoms with Gasteiger partial charge in [-0.25, -0.2) is 0 Å². The summed E-state index contributed by atoms with van der Waals surface area (Å²) in [6, 6.07) is 15.0. The molecular formula is C17H20ClNO2S. The van der Waals surface area contributed by atoms with Crippen molar-refractivity contribution in [2.24, 2.45) is 0 Å². The van der Waals surface area contributed by atoms with E-state index in [1.54, 1.807) is 18.4 Å². The zero-order valence-electron chi connectivity index (χ0n) is 12.6. The molecule has 0 fully saturated rings. The van der Waals surface area contributed by atoms with Crippen LogP contribution in [0.5, 0.6) is 0 Å². The minimum Gasteiger partial charge on any atom is -0.387 e. The summed E-state index contributed by atoms with van der Waals surface area (Å²) in [4.78, 5) is 0.817. The molecule has 0 aromatic heterocycles. The van der Waals surface area contributed by atoms with Gasteiger partial charge in [-0.1, -0.05) is 35.9 Å². The van der Waals surface area contributed by atoms with Crippen LogP contribution >= 0.6 is 11.6 Å². The Morgan fingerprint density at radius 2 is 1.64 bits per heavy atom. The van der Waals surface area contributed by atoms with Gasteiger partial charge in [0.05, 0.1) is 6.10 Å². The highest BCUT2D eigenvalue weighted by Crippen LogP contribution is 2.18. The number of benzene rings is 2. The largest absolute Gasteiger partial charge is 0.387 e. The molecule has 0 aliphatic heterocycles. The molecule has 0 heterocycles. The van der Waals surface area contributed by atoms with E-state index in [0.29, 0.717) is 11.6 Å². The predicted molar refractivity (Wildman–Crippen MR) is 91.6 cm³/mol. The third-order valence-electron chi connectivity index (χ3n) is 3.58. The molecule has 2 rings (SSSR count). The lowest BCUT2D eigenvalue weighted by molar-refractivity contribution is 0.171. The van der Waals surface area contributed by atoms with Gasteiger partial charge in [-0.05, 0) is 42.3 Å². The summed E-state index contributed by atoms with van der Waals surface area (Å²) in [6.45, 7) is 2.48. The van der Waals surface area contributed by atoms with Gasteiger partial charge in [0, 0.05) is 39.6 Å². The van der Waals surface area contributed by atoms with E-state index in [9.17, 15) is 9.32 Å². The van der Waals surface area contributed by atoms with Crippen molar-refractivity contribution in [1.82, 2.24) is 5.32 Å². The smallest absolute Gasteiger partial charge is 0.0914 e. The Hall–Kier alpha value is -1.20. The average Bonchev–Trinajstić information content (AvgIpc) is 2.53. The van der Waals surface area contributed by atoms with Crippen molar-refractivity contribution < 1.29 is 9.32 Å². The Balaban J connectivity index is 1.92. The third-order valence-corrected chi connectivity index (χ3v) is 4.77. The molecule has 118 valence electrons. The Labute approximate surface area is 138 Å². The van der Waals surface area contributed by atoms with Gasteiger partial charge in [0.1, 0.15) is 0 Å². The van der Waals surface area contributed by atoms with E-state index in [4.69, 9.17) is 11.6 Å². The molecule has 0 aliphatic carbocycles. The SMILES string of the molecule is CC(NCC(O)c1ccc(Cl)cc1)c1ccc(S(C)=O)cc1. The quantitative estimate of drug-likeness (QED) is 0.848. The van der Waals surface area contributed by atoms with Gasteiger partial charge in [-0.2, -0.15) is 0 Å². The van der Waals surface area contributed by atoms with E-state index in [0.717, 1.165) is 16.0 Å². The van der Waals surface area contributed by atoms with Crippen molar-refractivity contribution in [1.29, 1.82) is 0 Å². The molecule has 2 N–H and O–H groups in total. The molecular weight excluding hydrogens is 318 g/mol. The van der Waals surface area contributed by atoms with Crippen molar-refractivity contribution >= 4 is 22.4 Å². The van der Waals surface area contributed by atoms with Crippen molar-refractivity contribution in [2.45, 2.75) is 24.0 Å². The molecule has 3 atom stereocenters. The minimum atomic E-state index is -0.960. The summed E-state index contributed by atoms with van der Waals surface area (Å²) in [5.41, 5.74) is 1.93.